The van der Waals surface area contributed by atoms with Crippen molar-refractivity contribution in [2.45, 2.75) is 38.9 Å². The summed E-state index contributed by atoms with van der Waals surface area (Å²) in [6.07, 6.45) is 6.24. The molecule has 0 spiro atoms. The number of aliphatic hydroxyl groups excluding tert-OH is 1. The van der Waals surface area contributed by atoms with E-state index in [-0.39, 0.29) is 0 Å². The summed E-state index contributed by atoms with van der Waals surface area (Å²) >= 11 is 0. The first-order valence-corrected chi connectivity index (χ1v) is 6.35. The standard InChI is InChI=1S/C10H10.C6H14O2/c1-3-9-7-5-6-8-10(9)4-2;1-2-3-4-5-6(7)8/h3-8H,1-2H2;6-8H,2-5H2,1H3. The normalized spacial score (nSPS) is 9.56. The predicted molar refractivity (Wildman–Crippen MR) is 79.0 cm³/mol. The van der Waals surface area contributed by atoms with Crippen LogP contribution in [0.1, 0.15) is 43.7 Å². The van der Waals surface area contributed by atoms with Gasteiger partial charge < -0.3 is 10.2 Å². The average Bonchev–Trinajstić information content (AvgIpc) is 2.39. The van der Waals surface area contributed by atoms with E-state index in [1.807, 2.05) is 36.4 Å². The Morgan fingerprint density at radius 1 is 1.06 bits per heavy atom. The third-order valence-corrected chi connectivity index (χ3v) is 2.50. The van der Waals surface area contributed by atoms with Crippen molar-refractivity contribution in [1.82, 2.24) is 0 Å². The SMILES string of the molecule is C=Cc1ccccc1C=C.CCCCCC(O)O. The van der Waals surface area contributed by atoms with Gasteiger partial charge in [0.05, 0.1) is 0 Å². The molecule has 0 aromatic heterocycles. The highest BCUT2D eigenvalue weighted by Gasteiger charge is 1.93. The van der Waals surface area contributed by atoms with Gasteiger partial charge in [-0.2, -0.15) is 0 Å². The summed E-state index contributed by atoms with van der Waals surface area (Å²) in [5, 5.41) is 16.7. The molecule has 2 heteroatoms. The van der Waals surface area contributed by atoms with Gasteiger partial charge in [0.2, 0.25) is 0 Å². The van der Waals surface area contributed by atoms with E-state index in [2.05, 4.69) is 20.1 Å². The monoisotopic (exact) mass is 248 g/mol. The van der Waals surface area contributed by atoms with Crippen molar-refractivity contribution >= 4 is 12.2 Å². The van der Waals surface area contributed by atoms with E-state index in [4.69, 9.17) is 10.2 Å². The van der Waals surface area contributed by atoms with Crippen LogP contribution in [-0.4, -0.2) is 16.5 Å². The zero-order valence-electron chi connectivity index (χ0n) is 11.2. The molecule has 0 atom stereocenters. The molecule has 0 heterocycles. The summed E-state index contributed by atoms with van der Waals surface area (Å²) in [6.45, 7) is 9.47. The Balaban J connectivity index is 0.000000331. The third kappa shape index (κ3) is 7.82. The van der Waals surface area contributed by atoms with Gasteiger partial charge >= 0.3 is 0 Å². The Labute approximate surface area is 110 Å². The van der Waals surface area contributed by atoms with Gasteiger partial charge in [0.1, 0.15) is 0 Å². The molecule has 100 valence electrons. The van der Waals surface area contributed by atoms with Crippen LogP contribution in [0, 0.1) is 0 Å². The molecule has 0 radical (unpaired) electrons. The fourth-order valence-electron chi connectivity index (χ4n) is 1.46. The van der Waals surface area contributed by atoms with E-state index < -0.39 is 6.29 Å². The van der Waals surface area contributed by atoms with Gasteiger partial charge in [-0.15, -0.1) is 0 Å². The maximum absolute atomic E-state index is 8.33. The fourth-order valence-corrected chi connectivity index (χ4v) is 1.46. The van der Waals surface area contributed by atoms with E-state index in [9.17, 15) is 0 Å². The molecular weight excluding hydrogens is 224 g/mol. The third-order valence-electron chi connectivity index (χ3n) is 2.50. The molecule has 1 rings (SSSR count). The Kier molecular flexibility index (Phi) is 9.93. The number of hydrogen-bond acceptors (Lipinski definition) is 2. The van der Waals surface area contributed by atoms with Crippen LogP contribution >= 0.6 is 0 Å². The molecule has 1 aromatic carbocycles. The molecule has 2 nitrogen and oxygen atoms in total. The van der Waals surface area contributed by atoms with Gasteiger partial charge in [0.25, 0.3) is 0 Å². The minimum atomic E-state index is -1.10. The van der Waals surface area contributed by atoms with Crippen molar-refractivity contribution in [1.29, 1.82) is 0 Å². The quantitative estimate of drug-likeness (QED) is 0.593. The topological polar surface area (TPSA) is 40.5 Å². The van der Waals surface area contributed by atoms with Gasteiger partial charge in [-0.1, -0.05) is 69.3 Å². The summed E-state index contributed by atoms with van der Waals surface area (Å²) in [5.74, 6) is 0. The van der Waals surface area contributed by atoms with Crippen molar-refractivity contribution in [3.05, 3.63) is 48.6 Å². The number of unbranched alkanes of at least 4 members (excludes halogenated alkanes) is 2. The Morgan fingerprint density at radius 2 is 1.56 bits per heavy atom. The molecule has 0 saturated carbocycles. The van der Waals surface area contributed by atoms with E-state index in [1.165, 1.54) is 0 Å². The summed E-state index contributed by atoms with van der Waals surface area (Å²) < 4.78 is 0. The highest BCUT2D eigenvalue weighted by molar-refractivity contribution is 5.63. The van der Waals surface area contributed by atoms with Gasteiger partial charge in [-0.3, -0.25) is 0 Å². The first-order chi connectivity index (χ1) is 8.65. The first-order valence-electron chi connectivity index (χ1n) is 6.35. The average molecular weight is 248 g/mol. The van der Waals surface area contributed by atoms with Crippen LogP contribution in [0.3, 0.4) is 0 Å². The summed E-state index contributed by atoms with van der Waals surface area (Å²) in [4.78, 5) is 0. The molecule has 0 bridgehead atoms. The molecule has 0 saturated heterocycles. The molecule has 18 heavy (non-hydrogen) atoms. The first kappa shape index (κ1) is 16.6. The largest absolute Gasteiger partial charge is 0.368 e. The van der Waals surface area contributed by atoms with Crippen LogP contribution < -0.4 is 0 Å². The smallest absolute Gasteiger partial charge is 0.151 e. The number of rotatable bonds is 6. The Bertz CT molecular complexity index is 316. The zero-order valence-corrected chi connectivity index (χ0v) is 11.2. The number of aliphatic hydroxyl groups is 2. The van der Waals surface area contributed by atoms with Crippen molar-refractivity contribution in [3.63, 3.8) is 0 Å². The van der Waals surface area contributed by atoms with Gasteiger partial charge in [-0.25, -0.2) is 0 Å². The highest BCUT2D eigenvalue weighted by Crippen LogP contribution is 2.10. The lowest BCUT2D eigenvalue weighted by atomic mass is 10.1. The maximum atomic E-state index is 8.33. The van der Waals surface area contributed by atoms with Crippen LogP contribution in [0.5, 0.6) is 0 Å². The second-order valence-corrected chi connectivity index (χ2v) is 4.01. The number of benzene rings is 1. The summed E-state index contributed by atoms with van der Waals surface area (Å²) in [7, 11) is 0. The van der Waals surface area contributed by atoms with Gasteiger partial charge in [0, 0.05) is 0 Å². The van der Waals surface area contributed by atoms with Crippen LogP contribution in [-0.2, 0) is 0 Å². The second kappa shape index (κ2) is 10.8. The van der Waals surface area contributed by atoms with Crippen molar-refractivity contribution in [3.8, 4) is 0 Å². The highest BCUT2D eigenvalue weighted by atomic mass is 16.5. The maximum Gasteiger partial charge on any atom is 0.151 e. The minimum Gasteiger partial charge on any atom is -0.368 e. The molecule has 0 fully saturated rings. The van der Waals surface area contributed by atoms with Crippen LogP contribution in [0.4, 0.5) is 0 Å². The van der Waals surface area contributed by atoms with Crippen molar-refractivity contribution in [2.75, 3.05) is 0 Å². The number of hydrogen-bond donors (Lipinski definition) is 2. The Morgan fingerprint density at radius 3 is 1.89 bits per heavy atom. The van der Waals surface area contributed by atoms with E-state index in [1.54, 1.807) is 0 Å². The predicted octanol–water partition coefficient (Wildman–Crippen LogP) is 3.85. The van der Waals surface area contributed by atoms with E-state index in [0.717, 1.165) is 30.4 Å². The minimum absolute atomic E-state index is 0.522. The van der Waals surface area contributed by atoms with Gasteiger partial charge in [0.15, 0.2) is 6.29 Å². The van der Waals surface area contributed by atoms with E-state index >= 15 is 0 Å². The molecule has 1 aromatic rings. The molecule has 0 amide bonds. The zero-order chi connectivity index (χ0) is 13.8. The lowest BCUT2D eigenvalue weighted by Gasteiger charge is -1.99. The fraction of sp³-hybridized carbons (Fsp3) is 0.375. The van der Waals surface area contributed by atoms with E-state index in [0.29, 0.717) is 6.42 Å². The molecular formula is C16H24O2. The van der Waals surface area contributed by atoms with Crippen molar-refractivity contribution in [2.24, 2.45) is 0 Å². The summed E-state index contributed by atoms with van der Waals surface area (Å²) in [6, 6.07) is 8.02. The van der Waals surface area contributed by atoms with Crippen LogP contribution in [0.25, 0.3) is 12.2 Å². The molecule has 2 N–H and O–H groups in total. The molecule has 0 aliphatic rings. The Hall–Kier alpha value is -1.38. The molecule has 0 aliphatic carbocycles. The van der Waals surface area contributed by atoms with Gasteiger partial charge in [-0.05, 0) is 24.0 Å². The lowest BCUT2D eigenvalue weighted by Crippen LogP contribution is -2.02. The van der Waals surface area contributed by atoms with Crippen molar-refractivity contribution < 1.29 is 10.2 Å². The molecule has 0 aliphatic heterocycles. The van der Waals surface area contributed by atoms with Crippen LogP contribution in [0.15, 0.2) is 37.4 Å². The van der Waals surface area contributed by atoms with Crippen LogP contribution in [0.2, 0.25) is 0 Å². The molecule has 0 unspecified atom stereocenters. The lowest BCUT2D eigenvalue weighted by molar-refractivity contribution is -0.0465. The summed E-state index contributed by atoms with van der Waals surface area (Å²) in [5.41, 5.74) is 2.27. The second-order valence-electron chi connectivity index (χ2n) is 4.01.